The lowest BCUT2D eigenvalue weighted by Gasteiger charge is -2.16. The van der Waals surface area contributed by atoms with E-state index in [2.05, 4.69) is 97.1 Å². The van der Waals surface area contributed by atoms with Gasteiger partial charge in [0.2, 0.25) is 0 Å². The first-order chi connectivity index (χ1) is 18.7. The van der Waals surface area contributed by atoms with Crippen LogP contribution in [-0.2, 0) is 0 Å². The van der Waals surface area contributed by atoms with Crippen molar-refractivity contribution in [1.82, 2.24) is 0 Å². The number of ether oxygens (including phenoxy) is 2. The third-order valence-corrected chi connectivity index (χ3v) is 9.86. The highest BCUT2D eigenvalue weighted by molar-refractivity contribution is 7.26. The second-order valence-corrected chi connectivity index (χ2v) is 11.8. The lowest BCUT2D eigenvalue weighted by Crippen LogP contribution is -1.90. The molecular formula is C34H22O2S2. The van der Waals surface area contributed by atoms with Crippen molar-refractivity contribution < 1.29 is 9.47 Å². The molecule has 182 valence electrons. The first-order valence-electron chi connectivity index (χ1n) is 12.6. The van der Waals surface area contributed by atoms with Gasteiger partial charge in [-0.2, -0.15) is 0 Å². The highest BCUT2D eigenvalue weighted by Gasteiger charge is 2.22. The number of methoxy groups -OCH3 is 2. The van der Waals surface area contributed by atoms with Crippen LogP contribution in [0.3, 0.4) is 0 Å². The Morgan fingerprint density at radius 1 is 0.447 bits per heavy atom. The third-order valence-electron chi connectivity index (χ3n) is 7.63. The Balaban J connectivity index is 1.72. The summed E-state index contributed by atoms with van der Waals surface area (Å²) in [6.45, 7) is 0. The van der Waals surface area contributed by atoms with Crippen LogP contribution >= 0.6 is 22.7 Å². The van der Waals surface area contributed by atoms with Crippen molar-refractivity contribution in [3.05, 3.63) is 97.1 Å². The third kappa shape index (κ3) is 3.05. The van der Waals surface area contributed by atoms with E-state index < -0.39 is 0 Å². The highest BCUT2D eigenvalue weighted by Crippen LogP contribution is 2.51. The first kappa shape index (κ1) is 21.9. The van der Waals surface area contributed by atoms with E-state index in [0.29, 0.717) is 0 Å². The summed E-state index contributed by atoms with van der Waals surface area (Å²) in [7, 11) is 3.49. The molecule has 8 rings (SSSR count). The summed E-state index contributed by atoms with van der Waals surface area (Å²) in [4.78, 5) is 0. The standard InChI is InChI=1S/C34H22O2S2/c1-35-21-13-11-19-15-29-31(23-7-3-5-9-27(23)37-29)33(25(19)17-21)34-26-18-22(36-2)14-12-20(26)16-30-32(34)24-8-4-6-10-28(24)38-30/h3-18H,1-2H3. The molecule has 2 heterocycles. The topological polar surface area (TPSA) is 18.5 Å². The van der Waals surface area contributed by atoms with Crippen LogP contribution in [0.25, 0.3) is 73.0 Å². The van der Waals surface area contributed by atoms with Crippen LogP contribution in [-0.4, -0.2) is 14.2 Å². The van der Waals surface area contributed by atoms with Gasteiger partial charge >= 0.3 is 0 Å². The smallest absolute Gasteiger partial charge is 0.119 e. The normalized spacial score (nSPS) is 11.9. The number of rotatable bonds is 3. The maximum atomic E-state index is 5.75. The van der Waals surface area contributed by atoms with E-state index in [9.17, 15) is 0 Å². The van der Waals surface area contributed by atoms with Gasteiger partial charge in [0.15, 0.2) is 0 Å². The molecule has 0 bridgehead atoms. The van der Waals surface area contributed by atoms with Gasteiger partial charge in [-0.15, -0.1) is 22.7 Å². The van der Waals surface area contributed by atoms with Crippen LogP contribution in [0.4, 0.5) is 0 Å². The maximum absolute atomic E-state index is 5.75. The van der Waals surface area contributed by atoms with E-state index in [0.717, 1.165) is 11.5 Å². The molecule has 0 spiro atoms. The number of fused-ring (bicyclic) bond motifs is 8. The lowest BCUT2D eigenvalue weighted by atomic mass is 9.87. The molecule has 0 fully saturated rings. The van der Waals surface area contributed by atoms with E-state index in [4.69, 9.17) is 9.47 Å². The van der Waals surface area contributed by atoms with Gasteiger partial charge in [0, 0.05) is 51.5 Å². The van der Waals surface area contributed by atoms with Crippen molar-refractivity contribution in [2.24, 2.45) is 0 Å². The molecule has 6 aromatic carbocycles. The van der Waals surface area contributed by atoms with Gasteiger partial charge < -0.3 is 9.47 Å². The van der Waals surface area contributed by atoms with E-state index >= 15 is 0 Å². The van der Waals surface area contributed by atoms with Gasteiger partial charge in [0.05, 0.1) is 14.2 Å². The van der Waals surface area contributed by atoms with Crippen LogP contribution < -0.4 is 9.47 Å². The molecule has 2 aromatic heterocycles. The second-order valence-electron chi connectivity index (χ2n) is 9.62. The van der Waals surface area contributed by atoms with E-state index in [-0.39, 0.29) is 0 Å². The number of benzene rings is 6. The molecule has 0 saturated heterocycles. The molecule has 8 aromatic rings. The summed E-state index contributed by atoms with van der Waals surface area (Å²) in [6, 6.07) is 35.1. The molecule has 0 aliphatic carbocycles. The molecule has 0 aliphatic rings. The SMILES string of the molecule is COc1ccc2cc3sc4ccccc4c3c(-c3c4cc(OC)ccc4cc4sc5ccccc5c34)c2c1. The highest BCUT2D eigenvalue weighted by atomic mass is 32.1. The van der Waals surface area contributed by atoms with Crippen molar-refractivity contribution in [1.29, 1.82) is 0 Å². The van der Waals surface area contributed by atoms with Crippen LogP contribution in [0.5, 0.6) is 11.5 Å². The molecule has 0 unspecified atom stereocenters. The minimum absolute atomic E-state index is 0.863. The van der Waals surface area contributed by atoms with Crippen molar-refractivity contribution in [2.75, 3.05) is 14.2 Å². The number of hydrogen-bond acceptors (Lipinski definition) is 4. The summed E-state index contributed by atoms with van der Waals surface area (Å²) < 4.78 is 16.7. The van der Waals surface area contributed by atoms with Crippen LogP contribution in [0.2, 0.25) is 0 Å². The zero-order chi connectivity index (χ0) is 25.4. The van der Waals surface area contributed by atoms with E-state index in [1.54, 1.807) is 14.2 Å². The Hall–Kier alpha value is -4.12. The zero-order valence-electron chi connectivity index (χ0n) is 20.9. The fourth-order valence-electron chi connectivity index (χ4n) is 5.93. The van der Waals surface area contributed by atoms with Gasteiger partial charge in [0.25, 0.3) is 0 Å². The van der Waals surface area contributed by atoms with Gasteiger partial charge in [-0.05, 0) is 70.1 Å². The van der Waals surface area contributed by atoms with Crippen LogP contribution in [0.15, 0.2) is 97.1 Å². The Labute approximate surface area is 227 Å². The predicted molar refractivity (Wildman–Crippen MR) is 166 cm³/mol. The Bertz CT molecular complexity index is 2060. The van der Waals surface area contributed by atoms with Crippen molar-refractivity contribution in [2.45, 2.75) is 0 Å². The Kier molecular flexibility index (Phi) is 4.72. The van der Waals surface area contributed by atoms with Gasteiger partial charge in [0.1, 0.15) is 11.5 Å². The molecule has 4 heteroatoms. The van der Waals surface area contributed by atoms with Crippen LogP contribution in [0, 0.1) is 0 Å². The molecule has 0 atom stereocenters. The summed E-state index contributed by atoms with van der Waals surface area (Å²) in [5.41, 5.74) is 2.53. The monoisotopic (exact) mass is 526 g/mol. The van der Waals surface area contributed by atoms with Crippen LogP contribution in [0.1, 0.15) is 0 Å². The van der Waals surface area contributed by atoms with Crippen molar-refractivity contribution in [3.8, 4) is 22.6 Å². The van der Waals surface area contributed by atoms with Gasteiger partial charge in [-0.3, -0.25) is 0 Å². The molecule has 38 heavy (non-hydrogen) atoms. The summed E-state index contributed by atoms with van der Waals surface area (Å²) >= 11 is 3.73. The average Bonchev–Trinajstić information content (AvgIpc) is 3.52. The zero-order valence-corrected chi connectivity index (χ0v) is 22.5. The molecule has 0 saturated carbocycles. The minimum Gasteiger partial charge on any atom is -0.497 e. The summed E-state index contributed by atoms with van der Waals surface area (Å²) in [5.74, 6) is 1.73. The van der Waals surface area contributed by atoms with E-state index in [1.165, 1.54) is 73.0 Å². The Morgan fingerprint density at radius 2 is 0.895 bits per heavy atom. The molecule has 0 amide bonds. The largest absolute Gasteiger partial charge is 0.497 e. The van der Waals surface area contributed by atoms with Gasteiger partial charge in [-0.25, -0.2) is 0 Å². The van der Waals surface area contributed by atoms with Crippen molar-refractivity contribution in [3.63, 3.8) is 0 Å². The van der Waals surface area contributed by atoms with Crippen molar-refractivity contribution >= 4 is 84.6 Å². The fourth-order valence-corrected chi connectivity index (χ4v) is 8.26. The second kappa shape index (κ2) is 8.19. The fraction of sp³-hybridized carbons (Fsp3) is 0.0588. The molecule has 0 radical (unpaired) electrons. The minimum atomic E-state index is 0.863. The molecular weight excluding hydrogens is 505 g/mol. The number of thiophene rings is 2. The number of hydrogen-bond donors (Lipinski definition) is 0. The van der Waals surface area contributed by atoms with E-state index in [1.807, 2.05) is 22.7 Å². The Morgan fingerprint density at radius 3 is 1.34 bits per heavy atom. The molecule has 2 nitrogen and oxygen atoms in total. The van der Waals surface area contributed by atoms with Gasteiger partial charge in [-0.1, -0.05) is 48.5 Å². The maximum Gasteiger partial charge on any atom is 0.119 e. The average molecular weight is 527 g/mol. The molecule has 0 aliphatic heterocycles. The predicted octanol–water partition coefficient (Wildman–Crippen LogP) is 10.4. The molecule has 0 N–H and O–H groups in total. The lowest BCUT2D eigenvalue weighted by molar-refractivity contribution is 0.415. The quantitative estimate of drug-likeness (QED) is 0.228. The first-order valence-corrected chi connectivity index (χ1v) is 14.2. The summed E-state index contributed by atoms with van der Waals surface area (Å²) in [6.07, 6.45) is 0. The summed E-state index contributed by atoms with van der Waals surface area (Å²) in [5, 5.41) is 10.0.